The molecule has 0 aromatic heterocycles. The predicted molar refractivity (Wildman–Crippen MR) is 120 cm³/mol. The lowest BCUT2D eigenvalue weighted by molar-refractivity contribution is -0.120. The van der Waals surface area contributed by atoms with Gasteiger partial charge in [-0.1, -0.05) is 34.1 Å². The van der Waals surface area contributed by atoms with Crippen molar-refractivity contribution < 1.29 is 9.53 Å². The summed E-state index contributed by atoms with van der Waals surface area (Å²) in [4.78, 5) is 15.0. The second kappa shape index (κ2) is 9.31. The fourth-order valence-corrected chi connectivity index (χ4v) is 4.95. The van der Waals surface area contributed by atoms with Gasteiger partial charge in [-0.05, 0) is 93.0 Å². The summed E-state index contributed by atoms with van der Waals surface area (Å²) in [5.41, 5.74) is 3.58. The number of fused-ring (bicyclic) bond motifs is 1. The average Bonchev–Trinajstić information content (AvgIpc) is 2.75. The summed E-state index contributed by atoms with van der Waals surface area (Å²) in [6.45, 7) is 3.25. The Morgan fingerprint density at radius 3 is 2.76 bits per heavy atom. The highest BCUT2D eigenvalue weighted by atomic mass is 79.9. The van der Waals surface area contributed by atoms with Crippen molar-refractivity contribution in [1.82, 2.24) is 4.90 Å². The van der Waals surface area contributed by atoms with Gasteiger partial charge in [-0.15, -0.1) is 0 Å². The van der Waals surface area contributed by atoms with Gasteiger partial charge < -0.3 is 15.0 Å². The number of methoxy groups -OCH3 is 1. The number of carbonyl (C=O) groups is 1. The molecule has 2 aliphatic heterocycles. The monoisotopic (exact) mass is 456 g/mol. The van der Waals surface area contributed by atoms with E-state index in [0.29, 0.717) is 5.92 Å². The van der Waals surface area contributed by atoms with Crippen LogP contribution in [0.4, 0.5) is 5.69 Å². The summed E-state index contributed by atoms with van der Waals surface area (Å²) >= 11 is 3.68. The number of benzene rings is 2. The van der Waals surface area contributed by atoms with E-state index in [1.54, 1.807) is 7.11 Å². The van der Waals surface area contributed by atoms with Gasteiger partial charge in [0.05, 0.1) is 7.11 Å². The molecule has 2 heterocycles. The lowest BCUT2D eigenvalue weighted by Crippen LogP contribution is -2.38. The quantitative estimate of drug-likeness (QED) is 0.670. The van der Waals surface area contributed by atoms with Crippen LogP contribution in [0.1, 0.15) is 30.4 Å². The van der Waals surface area contributed by atoms with Crippen LogP contribution in [0.5, 0.6) is 5.75 Å². The molecule has 1 atom stereocenters. The van der Waals surface area contributed by atoms with Crippen LogP contribution in [0.25, 0.3) is 0 Å². The molecule has 2 aromatic rings. The molecule has 2 aliphatic rings. The molecule has 0 radical (unpaired) electrons. The number of para-hydroxylation sites is 1. The van der Waals surface area contributed by atoms with Gasteiger partial charge in [-0.2, -0.15) is 0 Å². The topological polar surface area (TPSA) is 41.6 Å². The van der Waals surface area contributed by atoms with Crippen LogP contribution in [0, 0.1) is 11.8 Å². The van der Waals surface area contributed by atoms with Crippen molar-refractivity contribution in [1.29, 1.82) is 0 Å². The second-order valence-electron chi connectivity index (χ2n) is 8.28. The van der Waals surface area contributed by atoms with Gasteiger partial charge in [0.2, 0.25) is 5.91 Å². The number of halogens is 1. The van der Waals surface area contributed by atoms with E-state index < -0.39 is 0 Å². The number of ether oxygens (including phenoxy) is 1. The van der Waals surface area contributed by atoms with Gasteiger partial charge in [0, 0.05) is 16.1 Å². The molecule has 1 unspecified atom stereocenters. The van der Waals surface area contributed by atoms with Gasteiger partial charge in [0.25, 0.3) is 0 Å². The lowest BCUT2D eigenvalue weighted by atomic mass is 9.88. The number of nitrogens with one attached hydrogen (secondary N) is 1. The lowest BCUT2D eigenvalue weighted by Gasteiger charge is -2.33. The molecule has 4 nitrogen and oxygen atoms in total. The normalized spacial score (nSPS) is 20.2. The first-order chi connectivity index (χ1) is 14.1. The van der Waals surface area contributed by atoms with Gasteiger partial charge in [-0.25, -0.2) is 0 Å². The molecule has 1 N–H and O–H groups in total. The summed E-state index contributed by atoms with van der Waals surface area (Å²) in [7, 11) is 1.72. The fraction of sp³-hybridized carbons (Fsp3) is 0.458. The molecule has 0 bridgehead atoms. The van der Waals surface area contributed by atoms with Crippen LogP contribution >= 0.6 is 15.9 Å². The molecule has 29 heavy (non-hydrogen) atoms. The molecule has 2 aromatic carbocycles. The van der Waals surface area contributed by atoms with Crippen LogP contribution in [0.3, 0.4) is 0 Å². The molecule has 0 aliphatic carbocycles. The first-order valence-electron chi connectivity index (χ1n) is 10.6. The van der Waals surface area contributed by atoms with Crippen LogP contribution in [0.2, 0.25) is 0 Å². The maximum absolute atomic E-state index is 12.4. The number of amides is 1. The summed E-state index contributed by atoms with van der Waals surface area (Å²) in [6.07, 6.45) is 5.31. The minimum atomic E-state index is 0.0929. The molecule has 1 saturated heterocycles. The van der Waals surface area contributed by atoms with Crippen molar-refractivity contribution in [3.05, 3.63) is 58.1 Å². The highest BCUT2D eigenvalue weighted by molar-refractivity contribution is 9.10. The minimum absolute atomic E-state index is 0.0929. The van der Waals surface area contributed by atoms with E-state index in [1.165, 1.54) is 28.4 Å². The molecular weight excluding hydrogens is 428 g/mol. The Morgan fingerprint density at radius 1 is 1.17 bits per heavy atom. The molecule has 5 heteroatoms. The van der Waals surface area contributed by atoms with Crippen LogP contribution in [-0.2, 0) is 17.6 Å². The number of piperidine rings is 1. The zero-order valence-corrected chi connectivity index (χ0v) is 18.6. The number of anilines is 1. The molecule has 0 spiro atoms. The Labute approximate surface area is 181 Å². The average molecular weight is 457 g/mol. The van der Waals surface area contributed by atoms with Crippen LogP contribution in [0.15, 0.2) is 46.9 Å². The smallest absolute Gasteiger partial charge is 0.227 e. The molecule has 1 fully saturated rings. The number of rotatable bonds is 6. The third kappa shape index (κ3) is 5.01. The number of carbonyl (C=O) groups excluding carboxylic acids is 1. The summed E-state index contributed by atoms with van der Waals surface area (Å²) < 4.78 is 6.55. The Balaban J connectivity index is 1.25. The summed E-state index contributed by atoms with van der Waals surface area (Å²) in [5.74, 6) is 1.91. The van der Waals surface area contributed by atoms with Crippen molar-refractivity contribution in [2.24, 2.45) is 11.8 Å². The predicted octanol–water partition coefficient (Wildman–Crippen LogP) is 4.91. The van der Waals surface area contributed by atoms with Crippen molar-refractivity contribution in [3.8, 4) is 5.75 Å². The summed E-state index contributed by atoms with van der Waals surface area (Å²) in [6, 6.07) is 14.4. The van der Waals surface area contributed by atoms with Crippen molar-refractivity contribution in [2.75, 3.05) is 32.1 Å². The number of hydrogen-bond donors (Lipinski definition) is 1. The first kappa shape index (κ1) is 20.4. The van der Waals surface area contributed by atoms with Gasteiger partial charge in [-0.3, -0.25) is 4.79 Å². The van der Waals surface area contributed by atoms with E-state index in [1.807, 2.05) is 18.2 Å². The largest absolute Gasteiger partial charge is 0.497 e. The fourth-order valence-electron chi connectivity index (χ4n) is 4.54. The van der Waals surface area contributed by atoms with E-state index >= 15 is 0 Å². The van der Waals surface area contributed by atoms with Crippen molar-refractivity contribution in [3.63, 3.8) is 0 Å². The number of nitrogens with zero attached hydrogens (tertiary/aromatic N) is 1. The highest BCUT2D eigenvalue weighted by Crippen LogP contribution is 2.30. The number of likely N-dealkylation sites (tertiary alicyclic amines) is 1. The molecule has 0 saturated carbocycles. The molecule has 1 amide bonds. The van der Waals surface area contributed by atoms with Gasteiger partial charge >= 0.3 is 0 Å². The number of hydrogen-bond acceptors (Lipinski definition) is 3. The van der Waals surface area contributed by atoms with Crippen LogP contribution in [-0.4, -0.2) is 37.6 Å². The summed E-state index contributed by atoms with van der Waals surface area (Å²) in [5, 5.41) is 3.07. The third-order valence-corrected chi connectivity index (χ3v) is 7.15. The van der Waals surface area contributed by atoms with Crippen LogP contribution < -0.4 is 10.1 Å². The van der Waals surface area contributed by atoms with Crippen molar-refractivity contribution >= 4 is 27.5 Å². The van der Waals surface area contributed by atoms with E-state index in [2.05, 4.69) is 50.4 Å². The Morgan fingerprint density at radius 2 is 1.97 bits per heavy atom. The van der Waals surface area contributed by atoms with Gasteiger partial charge in [0.15, 0.2) is 0 Å². The van der Waals surface area contributed by atoms with E-state index in [-0.39, 0.29) is 11.8 Å². The molecule has 154 valence electrons. The van der Waals surface area contributed by atoms with E-state index in [9.17, 15) is 4.79 Å². The third-order valence-electron chi connectivity index (χ3n) is 6.37. The van der Waals surface area contributed by atoms with Gasteiger partial charge in [0.1, 0.15) is 5.75 Å². The maximum Gasteiger partial charge on any atom is 0.227 e. The second-order valence-corrected chi connectivity index (χ2v) is 9.14. The molecule has 4 rings (SSSR count). The van der Waals surface area contributed by atoms with Crippen molar-refractivity contribution in [2.45, 2.75) is 32.1 Å². The minimum Gasteiger partial charge on any atom is -0.497 e. The van der Waals surface area contributed by atoms with E-state index in [0.717, 1.165) is 50.3 Å². The Hall–Kier alpha value is -1.85. The zero-order chi connectivity index (χ0) is 20.2. The Bertz CT molecular complexity index is 862. The molecular formula is C24H29BrN2O2. The standard InChI is InChI=1S/C24H29BrN2O2/c1-29-21-6-7-22(25)20(16-21)14-17-8-11-27(12-9-17)13-10-19-15-18-4-2-3-5-23(18)26-24(19)28/h2-7,16-17,19H,8-15H2,1H3,(H,26,28). The van der Waals surface area contributed by atoms with E-state index in [4.69, 9.17) is 4.74 Å². The first-order valence-corrected chi connectivity index (χ1v) is 11.3. The highest BCUT2D eigenvalue weighted by Gasteiger charge is 2.27. The maximum atomic E-state index is 12.4. The Kier molecular flexibility index (Phi) is 6.56. The SMILES string of the molecule is COc1ccc(Br)c(CC2CCN(CCC3Cc4ccccc4NC3=O)CC2)c1. The zero-order valence-electron chi connectivity index (χ0n) is 17.0.